The van der Waals surface area contributed by atoms with Gasteiger partial charge in [-0.1, -0.05) is 0 Å². The zero-order chi connectivity index (χ0) is 25.1. The van der Waals surface area contributed by atoms with Crippen LogP contribution in [0.5, 0.6) is 5.75 Å². The second-order valence-electron chi connectivity index (χ2n) is 9.37. The number of aromatic nitrogens is 4. The molecule has 2 N–H and O–H groups in total. The van der Waals surface area contributed by atoms with Crippen LogP contribution in [0, 0.1) is 5.82 Å². The van der Waals surface area contributed by atoms with Crippen molar-refractivity contribution in [1.29, 1.82) is 0 Å². The van der Waals surface area contributed by atoms with E-state index in [1.54, 1.807) is 25.4 Å². The number of benzene rings is 1. The summed E-state index contributed by atoms with van der Waals surface area (Å²) in [6.45, 7) is 5.90. The molecule has 2 aliphatic rings. The maximum atomic E-state index is 14.0. The first-order valence-corrected chi connectivity index (χ1v) is 12.5. The van der Waals surface area contributed by atoms with Crippen LogP contribution < -0.4 is 15.4 Å². The van der Waals surface area contributed by atoms with Gasteiger partial charge in [0.1, 0.15) is 23.8 Å². The number of piperidine rings is 1. The van der Waals surface area contributed by atoms with Crippen molar-refractivity contribution in [2.45, 2.75) is 31.7 Å². The van der Waals surface area contributed by atoms with E-state index in [-0.39, 0.29) is 11.6 Å². The Morgan fingerprint density at radius 3 is 2.67 bits per heavy atom. The summed E-state index contributed by atoms with van der Waals surface area (Å²) < 4.78 is 21.5. The van der Waals surface area contributed by atoms with E-state index in [1.165, 1.54) is 25.9 Å². The van der Waals surface area contributed by atoms with Crippen LogP contribution in [0.15, 0.2) is 35.7 Å². The van der Waals surface area contributed by atoms with Crippen LogP contribution in [0.3, 0.4) is 0 Å². The second-order valence-corrected chi connectivity index (χ2v) is 9.37. The molecule has 0 atom stereocenters. The normalized spacial score (nSPS) is 17.0. The topological polar surface area (TPSA) is 97.7 Å². The number of imidazole rings is 1. The van der Waals surface area contributed by atoms with Crippen molar-refractivity contribution in [3.05, 3.63) is 47.9 Å². The zero-order valence-corrected chi connectivity index (χ0v) is 20.9. The van der Waals surface area contributed by atoms with Gasteiger partial charge in [-0.05, 0) is 50.6 Å². The summed E-state index contributed by atoms with van der Waals surface area (Å²) >= 11 is 0. The van der Waals surface area contributed by atoms with Gasteiger partial charge in [-0.25, -0.2) is 19.3 Å². The molecule has 5 rings (SSSR count). The Labute approximate surface area is 210 Å². The molecule has 4 heterocycles. The molecule has 0 saturated carbocycles. The third-order valence-electron chi connectivity index (χ3n) is 7.17. The van der Waals surface area contributed by atoms with E-state index >= 15 is 0 Å². The number of hydrogen-bond donors (Lipinski definition) is 1. The van der Waals surface area contributed by atoms with Crippen molar-refractivity contribution in [1.82, 2.24) is 24.4 Å². The van der Waals surface area contributed by atoms with E-state index in [2.05, 4.69) is 35.5 Å². The average molecular weight is 493 g/mol. The van der Waals surface area contributed by atoms with E-state index in [9.17, 15) is 4.39 Å². The molecule has 2 saturated heterocycles. The lowest BCUT2D eigenvalue weighted by molar-refractivity contribution is 0.173. The molecule has 0 aliphatic carbocycles. The lowest BCUT2D eigenvalue weighted by atomic mass is 9.95. The highest BCUT2D eigenvalue weighted by Gasteiger charge is 2.28. The van der Waals surface area contributed by atoms with Gasteiger partial charge in [0.2, 0.25) is 0 Å². The lowest BCUT2D eigenvalue weighted by Crippen LogP contribution is -2.39. The number of aliphatic imine (C=N–C) groups is 1. The number of nitrogens with two attached hydrogens (primary N) is 1. The van der Waals surface area contributed by atoms with Crippen molar-refractivity contribution in [2.24, 2.45) is 4.99 Å². The first-order valence-electron chi connectivity index (χ1n) is 12.5. The third kappa shape index (κ3) is 4.90. The Hall–Kier alpha value is -3.53. The molecule has 1 aromatic carbocycles. The van der Waals surface area contributed by atoms with E-state index in [0.717, 1.165) is 80.6 Å². The third-order valence-corrected chi connectivity index (χ3v) is 7.17. The van der Waals surface area contributed by atoms with Gasteiger partial charge in [0, 0.05) is 57.1 Å². The number of anilines is 2. The molecule has 9 nitrogen and oxygen atoms in total. The first kappa shape index (κ1) is 24.2. The Kier molecular flexibility index (Phi) is 7.13. The molecule has 2 aliphatic heterocycles. The summed E-state index contributed by atoms with van der Waals surface area (Å²) in [7, 11) is 3.20. The molecule has 0 amide bonds. The molecule has 2 fully saturated rings. The number of ether oxygens (including phenoxy) is 1. The fourth-order valence-corrected chi connectivity index (χ4v) is 5.00. The van der Waals surface area contributed by atoms with E-state index in [0.29, 0.717) is 11.7 Å². The molecule has 0 spiro atoms. The number of halogens is 1. The predicted octanol–water partition coefficient (Wildman–Crippen LogP) is 3.21. The minimum atomic E-state index is -0.371. The molecular formula is C26H33FN8O. The smallest absolute Gasteiger partial charge is 0.165 e. The van der Waals surface area contributed by atoms with Crippen LogP contribution in [0.1, 0.15) is 36.6 Å². The van der Waals surface area contributed by atoms with Gasteiger partial charge in [0.05, 0.1) is 18.4 Å². The minimum absolute atomic E-state index is 0.230. The maximum absolute atomic E-state index is 14.0. The number of hydrogen-bond acceptors (Lipinski definition) is 8. The maximum Gasteiger partial charge on any atom is 0.165 e. The van der Waals surface area contributed by atoms with Gasteiger partial charge in [-0.3, -0.25) is 4.99 Å². The fourth-order valence-electron chi connectivity index (χ4n) is 5.00. The summed E-state index contributed by atoms with van der Waals surface area (Å²) in [5, 5.41) is 0. The molecule has 0 radical (unpaired) electrons. The number of likely N-dealkylation sites (tertiary alicyclic amines) is 1. The van der Waals surface area contributed by atoms with Crippen LogP contribution in [0.4, 0.5) is 16.0 Å². The highest BCUT2D eigenvalue weighted by Crippen LogP contribution is 2.33. The highest BCUT2D eigenvalue weighted by atomic mass is 19.1. The summed E-state index contributed by atoms with van der Waals surface area (Å²) in [5.74, 6) is 2.53. The molecule has 0 unspecified atom stereocenters. The van der Waals surface area contributed by atoms with Crippen LogP contribution in [0.25, 0.3) is 11.3 Å². The van der Waals surface area contributed by atoms with Gasteiger partial charge < -0.3 is 24.8 Å². The van der Waals surface area contributed by atoms with Gasteiger partial charge in [0.25, 0.3) is 0 Å². The molecular weight excluding hydrogens is 459 g/mol. The largest absolute Gasteiger partial charge is 0.494 e. The molecule has 2 aromatic heterocycles. The van der Waals surface area contributed by atoms with Gasteiger partial charge >= 0.3 is 0 Å². The number of nitrogen functional groups attached to an aromatic ring is 1. The predicted molar refractivity (Wildman–Crippen MR) is 139 cm³/mol. The molecule has 190 valence electrons. The number of rotatable bonds is 8. The van der Waals surface area contributed by atoms with Crippen LogP contribution >= 0.6 is 0 Å². The number of methoxy groups -OCH3 is 1. The van der Waals surface area contributed by atoms with E-state index < -0.39 is 0 Å². The van der Waals surface area contributed by atoms with Crippen molar-refractivity contribution in [2.75, 3.05) is 57.5 Å². The Morgan fingerprint density at radius 2 is 1.97 bits per heavy atom. The zero-order valence-electron chi connectivity index (χ0n) is 20.9. The fraction of sp³-hybridized carbons (Fsp3) is 0.462. The summed E-state index contributed by atoms with van der Waals surface area (Å²) in [5.41, 5.74) is 8.56. The minimum Gasteiger partial charge on any atom is -0.494 e. The first-order chi connectivity index (χ1) is 17.6. The van der Waals surface area contributed by atoms with Gasteiger partial charge in [0.15, 0.2) is 11.6 Å². The van der Waals surface area contributed by atoms with Crippen LogP contribution in [-0.4, -0.2) is 77.5 Å². The number of nitrogens with zero attached hydrogens (tertiary/aromatic N) is 7. The van der Waals surface area contributed by atoms with E-state index in [4.69, 9.17) is 15.5 Å². The average Bonchev–Trinajstić information content (AvgIpc) is 3.29. The molecule has 36 heavy (non-hydrogen) atoms. The van der Waals surface area contributed by atoms with Crippen molar-refractivity contribution >= 4 is 17.9 Å². The highest BCUT2D eigenvalue weighted by molar-refractivity contribution is 5.91. The monoisotopic (exact) mass is 492 g/mol. The van der Waals surface area contributed by atoms with Crippen molar-refractivity contribution in [3.8, 4) is 17.0 Å². The van der Waals surface area contributed by atoms with Crippen molar-refractivity contribution < 1.29 is 9.13 Å². The summed E-state index contributed by atoms with van der Waals surface area (Å²) in [4.78, 5) is 22.5. The van der Waals surface area contributed by atoms with Crippen LogP contribution in [0.2, 0.25) is 0 Å². The molecule has 3 aromatic rings. The molecule has 0 bridgehead atoms. The van der Waals surface area contributed by atoms with Crippen molar-refractivity contribution in [3.63, 3.8) is 0 Å². The SMILES string of the molecule is C/N=C/c1c(N)ncnc1N1CCC(c2nc(-c3ccc(F)c(OC)c3)cn2CCN2CCC2)CC1. The summed E-state index contributed by atoms with van der Waals surface area (Å²) in [6, 6.07) is 4.93. The Balaban J connectivity index is 1.38. The lowest BCUT2D eigenvalue weighted by Gasteiger charge is -2.34. The van der Waals surface area contributed by atoms with Gasteiger partial charge in [-0.2, -0.15) is 0 Å². The Bertz CT molecular complexity index is 1230. The molecule has 10 heteroatoms. The van der Waals surface area contributed by atoms with E-state index in [1.807, 2.05) is 0 Å². The van der Waals surface area contributed by atoms with Gasteiger partial charge in [-0.15, -0.1) is 0 Å². The standard InChI is InChI=1S/C26H33FN8O/c1-29-15-20-24(28)30-17-31-26(20)34-10-6-18(7-11-34)25-32-22(16-35(25)13-12-33-8-3-9-33)19-4-5-21(27)23(14-19)36-2/h4-5,14-18H,3,6-13H2,1-2H3,(H2,28,30,31)/b29-15+. The van der Waals surface area contributed by atoms with Crippen LogP contribution in [-0.2, 0) is 6.54 Å². The second kappa shape index (κ2) is 10.6. The Morgan fingerprint density at radius 1 is 1.17 bits per heavy atom. The summed E-state index contributed by atoms with van der Waals surface area (Å²) in [6.07, 6.45) is 8.50. The quantitative estimate of drug-likeness (QED) is 0.482.